The number of carbonyl (C=O) groups excluding carboxylic acids is 1. The Kier molecular flexibility index (Phi) is 6.23. The second-order valence-corrected chi connectivity index (χ2v) is 8.52. The molecule has 2 nitrogen and oxygen atoms in total. The summed E-state index contributed by atoms with van der Waals surface area (Å²) >= 11 is 0. The summed E-state index contributed by atoms with van der Waals surface area (Å²) in [6, 6.07) is 16.3. The minimum atomic E-state index is 0. The number of hydrogen-bond donors (Lipinski definition) is 1. The molecule has 0 aromatic heterocycles. The van der Waals surface area contributed by atoms with Gasteiger partial charge in [-0.1, -0.05) is 64.1 Å². The van der Waals surface area contributed by atoms with E-state index in [0.29, 0.717) is 6.54 Å². The van der Waals surface area contributed by atoms with Crippen molar-refractivity contribution in [1.82, 2.24) is 5.32 Å². The van der Waals surface area contributed by atoms with Crippen LogP contribution in [0.1, 0.15) is 67.6 Å². The van der Waals surface area contributed by atoms with Gasteiger partial charge in [0.1, 0.15) is 0 Å². The lowest BCUT2D eigenvalue weighted by Crippen LogP contribution is -2.34. The van der Waals surface area contributed by atoms with Crippen LogP contribution in [0, 0.1) is 0 Å². The van der Waals surface area contributed by atoms with E-state index >= 15 is 0 Å². The number of nitrogens with one attached hydrogen (secondary N) is 1. The van der Waals surface area contributed by atoms with Crippen LogP contribution in [0.15, 0.2) is 48.5 Å². The molecule has 0 fully saturated rings. The zero-order valence-corrected chi connectivity index (χ0v) is 17.4. The molecule has 0 saturated heterocycles. The van der Waals surface area contributed by atoms with Gasteiger partial charge in [0.25, 0.3) is 5.91 Å². The lowest BCUT2D eigenvalue weighted by Gasteiger charge is -2.42. The minimum Gasteiger partial charge on any atom is -0.352 e. The van der Waals surface area contributed by atoms with E-state index in [1.807, 2.05) is 30.3 Å². The van der Waals surface area contributed by atoms with Crippen molar-refractivity contribution in [3.8, 4) is 0 Å². The molecule has 0 heterocycles. The molecular formula is C23H31NOS. The maximum atomic E-state index is 12.1. The van der Waals surface area contributed by atoms with Gasteiger partial charge in [-0.15, -0.1) is 0 Å². The van der Waals surface area contributed by atoms with E-state index in [4.69, 9.17) is 0 Å². The molecule has 1 N–H and O–H groups in total. The van der Waals surface area contributed by atoms with Crippen LogP contribution in [0.3, 0.4) is 0 Å². The third kappa shape index (κ3) is 4.32. The van der Waals surface area contributed by atoms with Crippen molar-refractivity contribution in [3.63, 3.8) is 0 Å². The van der Waals surface area contributed by atoms with Crippen LogP contribution in [-0.2, 0) is 17.3 Å². The number of rotatable bonds is 4. The predicted octanol–water partition coefficient (Wildman–Crippen LogP) is 5.12. The summed E-state index contributed by atoms with van der Waals surface area (Å²) in [7, 11) is 0. The average Bonchev–Trinajstić information content (AvgIpc) is 2.60. The van der Waals surface area contributed by atoms with Gasteiger partial charge in [-0.3, -0.25) is 4.79 Å². The molecular weight excluding hydrogens is 338 g/mol. The van der Waals surface area contributed by atoms with Crippen molar-refractivity contribution < 1.29 is 4.79 Å². The first-order chi connectivity index (χ1) is 11.8. The first-order valence-electron chi connectivity index (χ1n) is 9.27. The van der Waals surface area contributed by atoms with Gasteiger partial charge in [-0.25, -0.2) is 0 Å². The molecule has 26 heavy (non-hydrogen) atoms. The standard InChI is InChI=1S/C23H29NO.H2S/c1-22(2)13-14-23(3,4)20-16-17(10-11-19(20)22)12-15-24-21(25)18-8-6-5-7-9-18;/h5-11,16H,12-15H2,1-4H3,(H,24,25);1H2. The Bertz CT molecular complexity index is 765. The quantitative estimate of drug-likeness (QED) is 0.796. The minimum absolute atomic E-state index is 0. The Morgan fingerprint density at radius 3 is 2.19 bits per heavy atom. The van der Waals surface area contributed by atoms with E-state index in [-0.39, 0.29) is 30.2 Å². The van der Waals surface area contributed by atoms with Crippen molar-refractivity contribution in [3.05, 3.63) is 70.8 Å². The van der Waals surface area contributed by atoms with Crippen molar-refractivity contribution in [2.75, 3.05) is 6.54 Å². The third-order valence-corrected chi connectivity index (χ3v) is 5.65. The van der Waals surface area contributed by atoms with Crippen LogP contribution in [0.2, 0.25) is 0 Å². The first kappa shape index (κ1) is 20.6. The Morgan fingerprint density at radius 1 is 0.923 bits per heavy atom. The van der Waals surface area contributed by atoms with E-state index in [2.05, 4.69) is 51.2 Å². The van der Waals surface area contributed by atoms with Crippen molar-refractivity contribution in [2.45, 2.75) is 57.8 Å². The molecule has 1 amide bonds. The molecule has 3 heteroatoms. The fourth-order valence-electron chi connectivity index (χ4n) is 3.80. The van der Waals surface area contributed by atoms with Crippen LogP contribution in [-0.4, -0.2) is 12.5 Å². The summed E-state index contributed by atoms with van der Waals surface area (Å²) in [4.78, 5) is 12.1. The van der Waals surface area contributed by atoms with Gasteiger partial charge in [0.2, 0.25) is 0 Å². The summed E-state index contributed by atoms with van der Waals surface area (Å²) in [5.74, 6) is 0.0000215. The molecule has 140 valence electrons. The Hall–Kier alpha value is -1.74. The molecule has 0 atom stereocenters. The van der Waals surface area contributed by atoms with E-state index in [1.54, 1.807) is 0 Å². The summed E-state index contributed by atoms with van der Waals surface area (Å²) in [6.45, 7) is 10.1. The fourth-order valence-corrected chi connectivity index (χ4v) is 3.80. The van der Waals surface area contributed by atoms with Crippen LogP contribution < -0.4 is 5.32 Å². The molecule has 3 rings (SSSR count). The Morgan fingerprint density at radius 2 is 1.54 bits per heavy atom. The monoisotopic (exact) mass is 369 g/mol. The number of benzene rings is 2. The number of carbonyl (C=O) groups is 1. The maximum Gasteiger partial charge on any atom is 0.251 e. The Labute approximate surface area is 164 Å². The third-order valence-electron chi connectivity index (χ3n) is 5.65. The van der Waals surface area contributed by atoms with Crippen LogP contribution in [0.5, 0.6) is 0 Å². The number of fused-ring (bicyclic) bond motifs is 1. The molecule has 0 saturated carbocycles. The van der Waals surface area contributed by atoms with Gasteiger partial charge in [0, 0.05) is 12.1 Å². The van der Waals surface area contributed by atoms with E-state index < -0.39 is 0 Å². The molecule has 0 radical (unpaired) electrons. The van der Waals surface area contributed by atoms with Gasteiger partial charge >= 0.3 is 0 Å². The second kappa shape index (κ2) is 7.87. The van der Waals surface area contributed by atoms with Crippen molar-refractivity contribution in [2.24, 2.45) is 0 Å². The summed E-state index contributed by atoms with van der Waals surface area (Å²) in [6.07, 6.45) is 3.32. The van der Waals surface area contributed by atoms with E-state index in [0.717, 1.165) is 12.0 Å². The zero-order valence-electron chi connectivity index (χ0n) is 16.4. The van der Waals surface area contributed by atoms with Crippen molar-refractivity contribution >= 4 is 19.4 Å². The largest absolute Gasteiger partial charge is 0.352 e. The predicted molar refractivity (Wildman–Crippen MR) is 115 cm³/mol. The normalized spacial score (nSPS) is 16.9. The van der Waals surface area contributed by atoms with Crippen molar-refractivity contribution in [1.29, 1.82) is 0 Å². The lowest BCUT2D eigenvalue weighted by molar-refractivity contribution is 0.0954. The fraction of sp³-hybridized carbons (Fsp3) is 0.435. The molecule has 0 bridgehead atoms. The Balaban J connectivity index is 0.00000243. The van der Waals surface area contributed by atoms with Gasteiger partial charge < -0.3 is 5.32 Å². The highest BCUT2D eigenvalue weighted by Crippen LogP contribution is 2.45. The van der Waals surface area contributed by atoms with Gasteiger partial charge in [-0.2, -0.15) is 13.5 Å². The lowest BCUT2D eigenvalue weighted by atomic mass is 9.63. The SMILES string of the molecule is CC1(C)CCC(C)(C)c2cc(CCNC(=O)c3ccccc3)ccc21.S. The highest BCUT2D eigenvalue weighted by molar-refractivity contribution is 7.59. The summed E-state index contributed by atoms with van der Waals surface area (Å²) < 4.78 is 0. The molecule has 0 unspecified atom stereocenters. The number of amides is 1. The van der Waals surface area contributed by atoms with Crippen LogP contribution in [0.4, 0.5) is 0 Å². The smallest absolute Gasteiger partial charge is 0.251 e. The average molecular weight is 370 g/mol. The summed E-state index contributed by atoms with van der Waals surface area (Å²) in [5.41, 5.74) is 5.48. The van der Waals surface area contributed by atoms with Gasteiger partial charge in [-0.05, 0) is 58.9 Å². The van der Waals surface area contributed by atoms with Gasteiger partial charge in [0.05, 0.1) is 0 Å². The molecule has 1 aliphatic carbocycles. The highest BCUT2D eigenvalue weighted by atomic mass is 32.1. The van der Waals surface area contributed by atoms with Gasteiger partial charge in [0.15, 0.2) is 0 Å². The zero-order chi connectivity index (χ0) is 18.1. The topological polar surface area (TPSA) is 29.1 Å². The molecule has 2 aromatic rings. The maximum absolute atomic E-state index is 12.1. The van der Waals surface area contributed by atoms with Crippen LogP contribution >= 0.6 is 13.5 Å². The highest BCUT2D eigenvalue weighted by Gasteiger charge is 2.36. The number of hydrogen-bond acceptors (Lipinski definition) is 1. The van der Waals surface area contributed by atoms with E-state index in [9.17, 15) is 4.79 Å². The molecule has 0 aliphatic heterocycles. The van der Waals surface area contributed by atoms with E-state index in [1.165, 1.54) is 29.5 Å². The van der Waals surface area contributed by atoms with Crippen LogP contribution in [0.25, 0.3) is 0 Å². The molecule has 1 aliphatic rings. The molecule has 0 spiro atoms. The summed E-state index contributed by atoms with van der Waals surface area (Å²) in [5, 5.41) is 3.03. The second-order valence-electron chi connectivity index (χ2n) is 8.52. The molecule has 2 aromatic carbocycles. The first-order valence-corrected chi connectivity index (χ1v) is 9.27.